The molecule has 0 N–H and O–H groups in total. The fraction of sp³-hybridized carbons (Fsp3) is 0.400. The van der Waals surface area contributed by atoms with Crippen molar-refractivity contribution >= 4 is 23.2 Å². The lowest BCUT2D eigenvalue weighted by molar-refractivity contribution is 0.324. The van der Waals surface area contributed by atoms with Gasteiger partial charge in [0.25, 0.3) is 0 Å². The quantitative estimate of drug-likeness (QED) is 0.802. The molecule has 3 rings (SSSR count). The molecule has 1 aliphatic rings. The molecule has 0 saturated heterocycles. The first-order chi connectivity index (χ1) is 9.74. The minimum absolute atomic E-state index is 0.466. The van der Waals surface area contributed by atoms with Crippen LogP contribution in [0.2, 0.25) is 10.0 Å². The van der Waals surface area contributed by atoms with Crippen LogP contribution in [0.15, 0.2) is 22.7 Å². The summed E-state index contributed by atoms with van der Waals surface area (Å²) in [5.74, 6) is 1.83. The molecule has 1 saturated carbocycles. The van der Waals surface area contributed by atoms with Crippen LogP contribution in [-0.4, -0.2) is 10.1 Å². The van der Waals surface area contributed by atoms with Crippen LogP contribution in [0.3, 0.4) is 0 Å². The van der Waals surface area contributed by atoms with Crippen LogP contribution in [0.1, 0.15) is 31.6 Å². The third-order valence-electron chi connectivity index (χ3n) is 3.68. The van der Waals surface area contributed by atoms with E-state index in [1.165, 1.54) is 25.7 Å². The van der Waals surface area contributed by atoms with Gasteiger partial charge in [0.05, 0.1) is 10.0 Å². The zero-order valence-corrected chi connectivity index (χ0v) is 12.5. The molecule has 2 aromatic rings. The van der Waals surface area contributed by atoms with Gasteiger partial charge in [-0.15, -0.1) is 0 Å². The fourth-order valence-corrected chi connectivity index (χ4v) is 2.96. The van der Waals surface area contributed by atoms with Gasteiger partial charge in [-0.05, 0) is 50.2 Å². The fourth-order valence-electron chi connectivity index (χ4n) is 2.57. The number of halogens is 2. The number of nitrogens with zero attached hydrogens (tertiary/aromatic N) is 2. The predicted octanol–water partition coefficient (Wildman–Crippen LogP) is 4.98. The summed E-state index contributed by atoms with van der Waals surface area (Å²) in [6, 6.07) is 5.42. The SMILES string of the molecule is Clc1cccc(-c2noc(CC3CC[CH]CC3)n2)c1Cl. The van der Waals surface area contributed by atoms with Gasteiger partial charge in [0.2, 0.25) is 11.7 Å². The molecular weight excluding hydrogens is 295 g/mol. The Morgan fingerprint density at radius 2 is 2.00 bits per heavy atom. The molecule has 3 nitrogen and oxygen atoms in total. The highest BCUT2D eigenvalue weighted by Gasteiger charge is 2.19. The van der Waals surface area contributed by atoms with Crippen LogP contribution in [0, 0.1) is 12.3 Å². The van der Waals surface area contributed by atoms with E-state index in [2.05, 4.69) is 16.6 Å². The normalized spacial score (nSPS) is 16.5. The summed E-state index contributed by atoms with van der Waals surface area (Å²) in [6.07, 6.45) is 7.98. The molecule has 1 radical (unpaired) electrons. The second-order valence-electron chi connectivity index (χ2n) is 5.13. The van der Waals surface area contributed by atoms with Crippen molar-refractivity contribution in [2.45, 2.75) is 32.1 Å². The highest BCUT2D eigenvalue weighted by Crippen LogP contribution is 2.32. The highest BCUT2D eigenvalue weighted by molar-refractivity contribution is 6.43. The Hall–Kier alpha value is -1.06. The Labute approximate surface area is 128 Å². The zero-order chi connectivity index (χ0) is 13.9. The highest BCUT2D eigenvalue weighted by atomic mass is 35.5. The molecule has 5 heteroatoms. The molecule has 0 aliphatic heterocycles. The van der Waals surface area contributed by atoms with Crippen LogP contribution < -0.4 is 0 Å². The maximum Gasteiger partial charge on any atom is 0.227 e. The summed E-state index contributed by atoms with van der Waals surface area (Å²) in [7, 11) is 0. The number of rotatable bonds is 3. The largest absolute Gasteiger partial charge is 0.339 e. The summed E-state index contributed by atoms with van der Waals surface area (Å²) >= 11 is 12.2. The molecule has 0 unspecified atom stereocenters. The van der Waals surface area contributed by atoms with Gasteiger partial charge >= 0.3 is 0 Å². The van der Waals surface area contributed by atoms with E-state index in [1.54, 1.807) is 6.07 Å². The molecule has 20 heavy (non-hydrogen) atoms. The molecule has 1 fully saturated rings. The standard InChI is InChI=1S/C15H15Cl2N2O/c16-12-8-4-7-11(14(12)17)15-18-13(20-19-15)9-10-5-2-1-3-6-10/h1,4,7-8,10H,2-3,5-6,9H2. The van der Waals surface area contributed by atoms with Crippen LogP contribution >= 0.6 is 23.2 Å². The van der Waals surface area contributed by atoms with Crippen molar-refractivity contribution in [2.75, 3.05) is 0 Å². The van der Waals surface area contributed by atoms with Crippen LogP contribution in [-0.2, 0) is 6.42 Å². The zero-order valence-electron chi connectivity index (χ0n) is 11.0. The van der Waals surface area contributed by atoms with Crippen molar-refractivity contribution in [3.63, 3.8) is 0 Å². The Morgan fingerprint density at radius 3 is 2.80 bits per heavy atom. The maximum absolute atomic E-state index is 6.17. The number of benzene rings is 1. The predicted molar refractivity (Wildman–Crippen MR) is 79.7 cm³/mol. The first-order valence-corrected chi connectivity index (χ1v) is 7.58. The summed E-state index contributed by atoms with van der Waals surface area (Å²) in [5, 5.41) is 4.98. The lowest BCUT2D eigenvalue weighted by atomic mass is 9.87. The van der Waals surface area contributed by atoms with Crippen molar-refractivity contribution in [2.24, 2.45) is 5.92 Å². The van der Waals surface area contributed by atoms with Gasteiger partial charge in [-0.25, -0.2) is 0 Å². The second kappa shape index (κ2) is 6.15. The summed E-state index contributed by atoms with van der Waals surface area (Å²) < 4.78 is 5.34. The minimum atomic E-state index is 0.466. The molecule has 1 aromatic heterocycles. The molecule has 0 amide bonds. The number of aromatic nitrogens is 2. The Bertz CT molecular complexity index is 591. The monoisotopic (exact) mass is 309 g/mol. The molecule has 105 valence electrons. The van der Waals surface area contributed by atoms with Gasteiger partial charge in [-0.2, -0.15) is 4.98 Å². The summed E-state index contributed by atoms with van der Waals surface area (Å²) in [5.41, 5.74) is 0.714. The number of hydrogen-bond acceptors (Lipinski definition) is 3. The van der Waals surface area contributed by atoms with Crippen LogP contribution in [0.4, 0.5) is 0 Å². The van der Waals surface area contributed by atoms with E-state index < -0.39 is 0 Å². The van der Waals surface area contributed by atoms with Gasteiger partial charge in [-0.3, -0.25) is 0 Å². The summed E-state index contributed by atoms with van der Waals surface area (Å²) in [6.45, 7) is 0. The van der Waals surface area contributed by atoms with Crippen molar-refractivity contribution in [3.05, 3.63) is 40.6 Å². The average molecular weight is 310 g/mol. The van der Waals surface area contributed by atoms with E-state index >= 15 is 0 Å². The first-order valence-electron chi connectivity index (χ1n) is 6.82. The van der Waals surface area contributed by atoms with E-state index in [1.807, 2.05) is 12.1 Å². The van der Waals surface area contributed by atoms with E-state index in [0.29, 0.717) is 33.2 Å². The van der Waals surface area contributed by atoms with E-state index in [0.717, 1.165) is 6.42 Å². The molecule has 0 spiro atoms. The second-order valence-corrected chi connectivity index (χ2v) is 5.91. The lowest BCUT2D eigenvalue weighted by Crippen LogP contribution is -2.09. The lowest BCUT2D eigenvalue weighted by Gasteiger charge is -2.19. The van der Waals surface area contributed by atoms with E-state index in [9.17, 15) is 0 Å². The van der Waals surface area contributed by atoms with Gasteiger partial charge in [0, 0.05) is 12.0 Å². The van der Waals surface area contributed by atoms with Gasteiger partial charge < -0.3 is 4.52 Å². The molecule has 1 aromatic carbocycles. The average Bonchev–Trinajstić information content (AvgIpc) is 2.91. The maximum atomic E-state index is 6.17. The Balaban J connectivity index is 1.77. The smallest absolute Gasteiger partial charge is 0.227 e. The Kier molecular flexibility index (Phi) is 4.27. The number of hydrogen-bond donors (Lipinski definition) is 0. The molecule has 0 atom stereocenters. The topological polar surface area (TPSA) is 38.9 Å². The van der Waals surface area contributed by atoms with Gasteiger partial charge in [-0.1, -0.05) is 34.4 Å². The van der Waals surface area contributed by atoms with Gasteiger partial charge in [0.15, 0.2) is 0 Å². The molecule has 1 heterocycles. The first kappa shape index (κ1) is 13.9. The van der Waals surface area contributed by atoms with Crippen LogP contribution in [0.25, 0.3) is 11.4 Å². The van der Waals surface area contributed by atoms with E-state index in [-0.39, 0.29) is 0 Å². The van der Waals surface area contributed by atoms with Crippen molar-refractivity contribution in [1.29, 1.82) is 0 Å². The molecule has 1 aliphatic carbocycles. The van der Waals surface area contributed by atoms with Gasteiger partial charge in [0.1, 0.15) is 0 Å². The van der Waals surface area contributed by atoms with Crippen molar-refractivity contribution < 1.29 is 4.52 Å². The van der Waals surface area contributed by atoms with Crippen LogP contribution in [0.5, 0.6) is 0 Å². The summed E-state index contributed by atoms with van der Waals surface area (Å²) in [4.78, 5) is 4.45. The van der Waals surface area contributed by atoms with Crippen molar-refractivity contribution in [1.82, 2.24) is 10.1 Å². The third kappa shape index (κ3) is 2.99. The minimum Gasteiger partial charge on any atom is -0.339 e. The Morgan fingerprint density at radius 1 is 1.20 bits per heavy atom. The molecule has 0 bridgehead atoms. The van der Waals surface area contributed by atoms with Crippen molar-refractivity contribution in [3.8, 4) is 11.4 Å². The molecular formula is C15H15Cl2N2O. The third-order valence-corrected chi connectivity index (χ3v) is 4.50. The van der Waals surface area contributed by atoms with E-state index in [4.69, 9.17) is 27.7 Å².